The van der Waals surface area contributed by atoms with E-state index in [1.165, 1.54) is 6.20 Å². The third kappa shape index (κ3) is 2.75. The number of nitrogens with zero attached hydrogens (tertiary/aromatic N) is 1. The second-order valence-corrected chi connectivity index (χ2v) is 4.71. The first-order chi connectivity index (χ1) is 8.37. The summed E-state index contributed by atoms with van der Waals surface area (Å²) in [4.78, 5) is 15.7. The van der Waals surface area contributed by atoms with Gasteiger partial charge in [0.25, 0.3) is 0 Å². The van der Waals surface area contributed by atoms with E-state index < -0.39 is 17.7 Å². The van der Waals surface area contributed by atoms with Crippen LogP contribution >= 0.6 is 0 Å². The first-order valence-corrected chi connectivity index (χ1v) is 5.78. The molecule has 1 unspecified atom stereocenters. The minimum absolute atomic E-state index is 0.215. The molecule has 1 aliphatic rings. The average Bonchev–Trinajstić information content (AvgIpc) is 2.64. The Morgan fingerprint density at radius 1 is 1.61 bits per heavy atom. The summed E-state index contributed by atoms with van der Waals surface area (Å²) in [5.74, 6) is -3.41. The van der Waals surface area contributed by atoms with Gasteiger partial charge in [0, 0.05) is 18.8 Å². The summed E-state index contributed by atoms with van der Waals surface area (Å²) < 4.78 is 26.0. The summed E-state index contributed by atoms with van der Waals surface area (Å²) in [6.07, 6.45) is 1.05. The van der Waals surface area contributed by atoms with Crippen molar-refractivity contribution in [2.75, 3.05) is 11.1 Å². The number of rotatable bonds is 2. The Morgan fingerprint density at radius 3 is 2.89 bits per heavy atom. The number of nitrogens with one attached hydrogen (secondary N) is 1. The van der Waals surface area contributed by atoms with Crippen molar-refractivity contribution in [2.45, 2.75) is 32.1 Å². The van der Waals surface area contributed by atoms with Crippen molar-refractivity contribution in [3.63, 3.8) is 0 Å². The van der Waals surface area contributed by atoms with Crippen LogP contribution in [0.15, 0.2) is 12.3 Å². The van der Waals surface area contributed by atoms with Crippen molar-refractivity contribution in [2.24, 2.45) is 5.92 Å². The van der Waals surface area contributed by atoms with Gasteiger partial charge in [-0.2, -0.15) is 0 Å². The van der Waals surface area contributed by atoms with Gasteiger partial charge >= 0.3 is 0 Å². The first-order valence-electron chi connectivity index (χ1n) is 5.78. The van der Waals surface area contributed by atoms with E-state index in [0.717, 1.165) is 5.56 Å². The standard InChI is InChI=1S/C12H15F2N3O/c1-7-4-10(16-6-9(7)15)17-11(18)8-2-3-12(13,14)5-8/h4,6,8H,2-3,5,15H2,1H3,(H,16,17,18). The number of pyridine rings is 1. The zero-order valence-corrected chi connectivity index (χ0v) is 10.0. The fourth-order valence-corrected chi connectivity index (χ4v) is 2.04. The van der Waals surface area contributed by atoms with Gasteiger partial charge in [-0.25, -0.2) is 13.8 Å². The van der Waals surface area contributed by atoms with Gasteiger partial charge in [-0.3, -0.25) is 4.79 Å². The molecule has 1 aromatic heterocycles. The molecule has 0 aromatic carbocycles. The van der Waals surface area contributed by atoms with Crippen molar-refractivity contribution >= 4 is 17.4 Å². The van der Waals surface area contributed by atoms with E-state index in [1.807, 2.05) is 0 Å². The number of carbonyl (C=O) groups is 1. The maximum atomic E-state index is 13.0. The summed E-state index contributed by atoms with van der Waals surface area (Å²) in [5.41, 5.74) is 6.92. The smallest absolute Gasteiger partial charge is 0.248 e. The van der Waals surface area contributed by atoms with Crippen LogP contribution in [0.4, 0.5) is 20.3 Å². The summed E-state index contributed by atoms with van der Waals surface area (Å²) in [5, 5.41) is 2.55. The highest BCUT2D eigenvalue weighted by molar-refractivity contribution is 5.92. The van der Waals surface area contributed by atoms with Gasteiger partial charge in [-0.15, -0.1) is 0 Å². The molecular weight excluding hydrogens is 240 g/mol. The summed E-state index contributed by atoms with van der Waals surface area (Å²) in [6.45, 7) is 1.79. The van der Waals surface area contributed by atoms with Crippen LogP contribution in [0.5, 0.6) is 0 Å². The molecule has 98 valence electrons. The fraction of sp³-hybridized carbons (Fsp3) is 0.500. The third-order valence-corrected chi connectivity index (χ3v) is 3.18. The molecular formula is C12H15F2N3O. The molecule has 3 N–H and O–H groups in total. The molecule has 0 aliphatic heterocycles. The van der Waals surface area contributed by atoms with Gasteiger partial charge < -0.3 is 11.1 Å². The Bertz CT molecular complexity index is 476. The Kier molecular flexibility index (Phi) is 3.19. The highest BCUT2D eigenvalue weighted by Gasteiger charge is 2.42. The molecule has 0 bridgehead atoms. The lowest BCUT2D eigenvalue weighted by molar-refractivity contribution is -0.120. The normalized spacial score (nSPS) is 21.8. The minimum atomic E-state index is -2.72. The molecule has 1 fully saturated rings. The largest absolute Gasteiger partial charge is 0.397 e. The van der Waals surface area contributed by atoms with E-state index in [1.54, 1.807) is 13.0 Å². The van der Waals surface area contributed by atoms with Crippen LogP contribution < -0.4 is 11.1 Å². The highest BCUT2D eigenvalue weighted by atomic mass is 19.3. The number of aromatic nitrogens is 1. The van der Waals surface area contributed by atoms with E-state index in [-0.39, 0.29) is 19.3 Å². The SMILES string of the molecule is Cc1cc(NC(=O)C2CCC(F)(F)C2)ncc1N. The molecule has 1 atom stereocenters. The zero-order valence-electron chi connectivity index (χ0n) is 10.0. The molecule has 1 aromatic rings. The molecule has 2 rings (SSSR count). The molecule has 1 saturated carbocycles. The van der Waals surface area contributed by atoms with Crippen molar-refractivity contribution < 1.29 is 13.6 Å². The van der Waals surface area contributed by atoms with E-state index >= 15 is 0 Å². The van der Waals surface area contributed by atoms with Crippen LogP contribution in [0.2, 0.25) is 0 Å². The number of alkyl halides is 2. The number of amides is 1. The molecule has 1 heterocycles. The second kappa shape index (κ2) is 4.51. The van der Waals surface area contributed by atoms with E-state index in [2.05, 4.69) is 10.3 Å². The Labute approximate surface area is 104 Å². The van der Waals surface area contributed by atoms with Gasteiger partial charge in [0.15, 0.2) is 0 Å². The number of nitrogens with two attached hydrogens (primary N) is 1. The molecule has 0 radical (unpaired) electrons. The number of hydrogen-bond acceptors (Lipinski definition) is 3. The number of carbonyl (C=O) groups excluding carboxylic acids is 1. The van der Waals surface area contributed by atoms with Crippen LogP contribution in [-0.2, 0) is 4.79 Å². The van der Waals surface area contributed by atoms with Crippen LogP contribution in [0, 0.1) is 12.8 Å². The molecule has 4 nitrogen and oxygen atoms in total. The lowest BCUT2D eigenvalue weighted by Crippen LogP contribution is -2.23. The van der Waals surface area contributed by atoms with E-state index in [9.17, 15) is 13.6 Å². The summed E-state index contributed by atoms with van der Waals surface area (Å²) in [6, 6.07) is 1.63. The lowest BCUT2D eigenvalue weighted by Gasteiger charge is -2.11. The number of anilines is 2. The fourth-order valence-electron chi connectivity index (χ4n) is 2.04. The predicted molar refractivity (Wildman–Crippen MR) is 64.3 cm³/mol. The Balaban J connectivity index is 2.01. The highest BCUT2D eigenvalue weighted by Crippen LogP contribution is 2.39. The lowest BCUT2D eigenvalue weighted by atomic mass is 10.1. The van der Waals surface area contributed by atoms with Crippen LogP contribution in [-0.4, -0.2) is 16.8 Å². The van der Waals surface area contributed by atoms with Gasteiger partial charge in [0.1, 0.15) is 5.82 Å². The number of halogens is 2. The number of hydrogen-bond donors (Lipinski definition) is 2. The number of aryl methyl sites for hydroxylation is 1. The molecule has 6 heteroatoms. The Morgan fingerprint density at radius 2 is 2.33 bits per heavy atom. The molecule has 1 amide bonds. The van der Waals surface area contributed by atoms with E-state index in [0.29, 0.717) is 11.5 Å². The van der Waals surface area contributed by atoms with Crippen LogP contribution in [0.1, 0.15) is 24.8 Å². The van der Waals surface area contributed by atoms with E-state index in [4.69, 9.17) is 5.73 Å². The quantitative estimate of drug-likeness (QED) is 0.852. The molecule has 0 spiro atoms. The summed E-state index contributed by atoms with van der Waals surface area (Å²) >= 11 is 0. The van der Waals surface area contributed by atoms with Crippen LogP contribution in [0.25, 0.3) is 0 Å². The maximum absolute atomic E-state index is 13.0. The average molecular weight is 255 g/mol. The van der Waals surface area contributed by atoms with Crippen molar-refractivity contribution in [3.8, 4) is 0 Å². The van der Waals surface area contributed by atoms with Crippen molar-refractivity contribution in [1.29, 1.82) is 0 Å². The second-order valence-electron chi connectivity index (χ2n) is 4.71. The molecule has 1 aliphatic carbocycles. The zero-order chi connectivity index (χ0) is 13.3. The molecule has 0 saturated heterocycles. The van der Waals surface area contributed by atoms with Gasteiger partial charge in [0.2, 0.25) is 11.8 Å². The monoisotopic (exact) mass is 255 g/mol. The van der Waals surface area contributed by atoms with Crippen molar-refractivity contribution in [1.82, 2.24) is 4.98 Å². The minimum Gasteiger partial charge on any atom is -0.397 e. The van der Waals surface area contributed by atoms with Gasteiger partial charge in [-0.1, -0.05) is 0 Å². The Hall–Kier alpha value is -1.72. The first kappa shape index (κ1) is 12.7. The van der Waals surface area contributed by atoms with Crippen molar-refractivity contribution in [3.05, 3.63) is 17.8 Å². The molecule has 18 heavy (non-hydrogen) atoms. The topological polar surface area (TPSA) is 68.0 Å². The predicted octanol–water partition coefficient (Wildman–Crippen LogP) is 2.35. The van der Waals surface area contributed by atoms with Crippen LogP contribution in [0.3, 0.4) is 0 Å². The maximum Gasteiger partial charge on any atom is 0.248 e. The number of nitrogen functional groups attached to an aromatic ring is 1. The van der Waals surface area contributed by atoms with Gasteiger partial charge in [-0.05, 0) is 25.0 Å². The van der Waals surface area contributed by atoms with Gasteiger partial charge in [0.05, 0.1) is 11.9 Å². The third-order valence-electron chi connectivity index (χ3n) is 3.18. The summed E-state index contributed by atoms with van der Waals surface area (Å²) in [7, 11) is 0.